The quantitative estimate of drug-likeness (QED) is 0.785. The second-order valence-electron chi connectivity index (χ2n) is 4.60. The zero-order valence-corrected chi connectivity index (χ0v) is 11.8. The summed E-state index contributed by atoms with van der Waals surface area (Å²) in [4.78, 5) is 4.35. The molecule has 0 radical (unpaired) electrons. The molecular formula is C13H15ClN4O2. The minimum atomic E-state index is 0.382. The summed E-state index contributed by atoms with van der Waals surface area (Å²) in [5.74, 6) is 7.96. The van der Waals surface area contributed by atoms with Crippen LogP contribution in [0, 0.1) is 6.92 Å². The van der Waals surface area contributed by atoms with Gasteiger partial charge in [-0.15, -0.1) is 0 Å². The van der Waals surface area contributed by atoms with E-state index in [1.54, 1.807) is 13.0 Å². The van der Waals surface area contributed by atoms with Crippen LogP contribution < -0.4 is 21.1 Å². The highest BCUT2D eigenvalue weighted by molar-refractivity contribution is 6.32. The van der Waals surface area contributed by atoms with Crippen molar-refractivity contribution in [3.63, 3.8) is 0 Å². The van der Waals surface area contributed by atoms with Gasteiger partial charge >= 0.3 is 0 Å². The lowest BCUT2D eigenvalue weighted by Crippen LogP contribution is -2.13. The third-order valence-electron chi connectivity index (χ3n) is 3.20. The molecule has 1 aromatic heterocycles. The predicted molar refractivity (Wildman–Crippen MR) is 77.6 cm³/mol. The Morgan fingerprint density at radius 2 is 2.05 bits per heavy atom. The number of halogens is 1. The summed E-state index contributed by atoms with van der Waals surface area (Å²) in [5, 5.41) is 0.475. The molecule has 7 heteroatoms. The van der Waals surface area contributed by atoms with Gasteiger partial charge in [-0.3, -0.25) is 0 Å². The maximum absolute atomic E-state index is 6.26. The van der Waals surface area contributed by atoms with Gasteiger partial charge < -0.3 is 21.1 Å². The summed E-state index contributed by atoms with van der Waals surface area (Å²) >= 11 is 6.26. The lowest BCUT2D eigenvalue weighted by atomic mass is 10.1. The molecule has 4 N–H and O–H groups in total. The number of nitrogens with zero attached hydrogens (tertiary/aromatic N) is 2. The summed E-state index contributed by atoms with van der Waals surface area (Å²) in [5.41, 5.74) is 7.29. The van der Waals surface area contributed by atoms with E-state index in [0.717, 1.165) is 12.0 Å². The highest BCUT2D eigenvalue weighted by Gasteiger charge is 2.19. The van der Waals surface area contributed by atoms with Gasteiger partial charge in [-0.25, -0.2) is 9.66 Å². The van der Waals surface area contributed by atoms with Crippen molar-refractivity contribution in [2.45, 2.75) is 13.3 Å². The number of ether oxygens (including phenoxy) is 2. The molecule has 6 nitrogen and oxygen atoms in total. The molecule has 0 saturated carbocycles. The Labute approximate surface area is 121 Å². The molecule has 0 atom stereocenters. The standard InChI is InChI=1S/C13H15ClN4O2/c1-7-17-11(13(15)18(7)16)8-5-9(14)12-10(6-8)19-3-2-4-20-12/h5-6H,2-4,15-16H2,1H3. The number of imidazole rings is 1. The molecule has 2 aromatic rings. The van der Waals surface area contributed by atoms with Gasteiger partial charge in [0, 0.05) is 12.0 Å². The average Bonchev–Trinajstić information content (AvgIpc) is 2.63. The van der Waals surface area contributed by atoms with Crippen LogP contribution in [0.1, 0.15) is 12.2 Å². The zero-order valence-electron chi connectivity index (χ0n) is 11.0. The molecule has 1 aliphatic heterocycles. The normalized spacial score (nSPS) is 14.1. The number of aryl methyl sites for hydroxylation is 1. The first-order valence-electron chi connectivity index (χ1n) is 6.27. The van der Waals surface area contributed by atoms with E-state index in [0.29, 0.717) is 47.1 Å². The van der Waals surface area contributed by atoms with E-state index < -0.39 is 0 Å². The Kier molecular flexibility index (Phi) is 3.10. The molecule has 0 amide bonds. The number of nitrogen functional groups attached to an aromatic ring is 2. The molecule has 20 heavy (non-hydrogen) atoms. The number of hydrogen-bond acceptors (Lipinski definition) is 5. The summed E-state index contributed by atoms with van der Waals surface area (Å²) in [6, 6.07) is 3.58. The van der Waals surface area contributed by atoms with Crippen LogP contribution in [-0.4, -0.2) is 22.9 Å². The molecule has 0 bridgehead atoms. The summed E-state index contributed by atoms with van der Waals surface area (Å²) in [6.45, 7) is 2.96. The van der Waals surface area contributed by atoms with Crippen LogP contribution in [-0.2, 0) is 0 Å². The minimum absolute atomic E-state index is 0.382. The van der Waals surface area contributed by atoms with Gasteiger partial charge in [-0.2, -0.15) is 0 Å². The number of rotatable bonds is 1. The third kappa shape index (κ3) is 2.02. The molecule has 0 spiro atoms. The Bertz CT molecular complexity index is 669. The summed E-state index contributed by atoms with van der Waals surface area (Å²) in [7, 11) is 0. The Morgan fingerprint density at radius 1 is 1.30 bits per heavy atom. The van der Waals surface area contributed by atoms with Crippen molar-refractivity contribution in [1.82, 2.24) is 9.66 Å². The predicted octanol–water partition coefficient (Wildman–Crippen LogP) is 1.97. The van der Waals surface area contributed by atoms with Gasteiger partial charge in [0.05, 0.1) is 18.2 Å². The van der Waals surface area contributed by atoms with Gasteiger partial charge in [0.2, 0.25) is 0 Å². The third-order valence-corrected chi connectivity index (χ3v) is 3.48. The smallest absolute Gasteiger partial charge is 0.179 e. The van der Waals surface area contributed by atoms with Gasteiger partial charge in [0.15, 0.2) is 17.3 Å². The Balaban J connectivity index is 2.13. The van der Waals surface area contributed by atoms with Crippen LogP contribution in [0.2, 0.25) is 5.02 Å². The van der Waals surface area contributed by atoms with Crippen LogP contribution >= 0.6 is 11.6 Å². The van der Waals surface area contributed by atoms with Gasteiger partial charge in [-0.05, 0) is 19.1 Å². The van der Waals surface area contributed by atoms with Crippen LogP contribution in [0.3, 0.4) is 0 Å². The number of anilines is 1. The van der Waals surface area contributed by atoms with Gasteiger partial charge in [0.1, 0.15) is 11.5 Å². The highest BCUT2D eigenvalue weighted by Crippen LogP contribution is 2.41. The van der Waals surface area contributed by atoms with Gasteiger partial charge in [0.25, 0.3) is 0 Å². The first-order chi connectivity index (χ1) is 9.58. The molecular weight excluding hydrogens is 280 g/mol. The van der Waals surface area contributed by atoms with Crippen molar-refractivity contribution < 1.29 is 9.47 Å². The summed E-state index contributed by atoms with van der Waals surface area (Å²) < 4.78 is 12.6. The molecule has 0 unspecified atom stereocenters. The Morgan fingerprint density at radius 3 is 2.75 bits per heavy atom. The van der Waals surface area contributed by atoms with Crippen LogP contribution in [0.15, 0.2) is 12.1 Å². The van der Waals surface area contributed by atoms with Gasteiger partial charge in [-0.1, -0.05) is 11.6 Å². The fourth-order valence-corrected chi connectivity index (χ4v) is 2.41. The second-order valence-corrected chi connectivity index (χ2v) is 5.01. The topological polar surface area (TPSA) is 88.3 Å². The molecule has 1 aliphatic rings. The van der Waals surface area contributed by atoms with E-state index >= 15 is 0 Å². The van der Waals surface area contributed by atoms with E-state index in [4.69, 9.17) is 32.7 Å². The molecule has 106 valence electrons. The molecule has 2 heterocycles. The monoisotopic (exact) mass is 294 g/mol. The zero-order chi connectivity index (χ0) is 14.3. The molecule has 0 aliphatic carbocycles. The Hall–Kier alpha value is -2.08. The van der Waals surface area contributed by atoms with Crippen molar-refractivity contribution in [3.05, 3.63) is 23.0 Å². The number of hydrogen-bond donors (Lipinski definition) is 2. The van der Waals surface area contributed by atoms with Crippen molar-refractivity contribution in [1.29, 1.82) is 0 Å². The lowest BCUT2D eigenvalue weighted by Gasteiger charge is -2.11. The summed E-state index contributed by atoms with van der Waals surface area (Å²) in [6.07, 6.45) is 0.818. The van der Waals surface area contributed by atoms with E-state index in [9.17, 15) is 0 Å². The maximum Gasteiger partial charge on any atom is 0.179 e. The maximum atomic E-state index is 6.26. The number of benzene rings is 1. The highest BCUT2D eigenvalue weighted by atomic mass is 35.5. The first-order valence-corrected chi connectivity index (χ1v) is 6.65. The van der Waals surface area contributed by atoms with Crippen LogP contribution in [0.4, 0.5) is 5.82 Å². The molecule has 1 aromatic carbocycles. The average molecular weight is 295 g/mol. The molecule has 0 fully saturated rings. The number of nitrogens with two attached hydrogens (primary N) is 2. The van der Waals surface area contributed by atoms with E-state index in [1.165, 1.54) is 4.68 Å². The van der Waals surface area contributed by atoms with E-state index in [-0.39, 0.29) is 0 Å². The van der Waals surface area contributed by atoms with E-state index in [1.807, 2.05) is 6.07 Å². The minimum Gasteiger partial charge on any atom is -0.489 e. The largest absolute Gasteiger partial charge is 0.489 e. The number of fused-ring (bicyclic) bond motifs is 1. The SMILES string of the molecule is Cc1nc(-c2cc(Cl)c3c(c2)OCCCO3)c(N)n1N. The van der Waals surface area contributed by atoms with Crippen LogP contribution in [0.25, 0.3) is 11.3 Å². The van der Waals surface area contributed by atoms with Crippen molar-refractivity contribution in [2.75, 3.05) is 24.8 Å². The fourth-order valence-electron chi connectivity index (χ4n) is 2.14. The van der Waals surface area contributed by atoms with E-state index in [2.05, 4.69) is 4.98 Å². The molecule has 3 rings (SSSR count). The number of aromatic nitrogens is 2. The van der Waals surface area contributed by atoms with Crippen LogP contribution in [0.5, 0.6) is 11.5 Å². The fraction of sp³-hybridized carbons (Fsp3) is 0.308. The lowest BCUT2D eigenvalue weighted by molar-refractivity contribution is 0.297. The molecule has 0 saturated heterocycles. The van der Waals surface area contributed by atoms with Crippen molar-refractivity contribution >= 4 is 17.4 Å². The van der Waals surface area contributed by atoms with Crippen molar-refractivity contribution in [3.8, 4) is 22.8 Å². The van der Waals surface area contributed by atoms with Crippen molar-refractivity contribution in [2.24, 2.45) is 0 Å². The first kappa shape index (κ1) is 12.9. The second kappa shape index (κ2) is 4.79.